The van der Waals surface area contributed by atoms with Gasteiger partial charge in [-0.05, 0) is 46.1 Å². The highest BCUT2D eigenvalue weighted by Gasteiger charge is 2.35. The molecule has 2 rings (SSSR count). The van der Waals surface area contributed by atoms with Gasteiger partial charge in [-0.2, -0.15) is 0 Å². The largest absolute Gasteiger partial charge is 0.340 e. The van der Waals surface area contributed by atoms with Crippen LogP contribution in [0.5, 0.6) is 0 Å². The molecular formula is C16H31N3O. The minimum atomic E-state index is 0.190. The summed E-state index contributed by atoms with van der Waals surface area (Å²) in [5, 5.41) is 0. The highest BCUT2D eigenvalue weighted by molar-refractivity contribution is 5.79. The third kappa shape index (κ3) is 3.53. The Bertz CT molecular complexity index is 329. The summed E-state index contributed by atoms with van der Waals surface area (Å²) >= 11 is 0. The maximum absolute atomic E-state index is 12.7. The number of nitrogens with two attached hydrogens (primary N) is 1. The highest BCUT2D eigenvalue weighted by atomic mass is 16.2. The average Bonchev–Trinajstić information content (AvgIpc) is 2.45. The van der Waals surface area contributed by atoms with Crippen LogP contribution in [0.3, 0.4) is 0 Å². The summed E-state index contributed by atoms with van der Waals surface area (Å²) in [5.41, 5.74) is 6.07. The fraction of sp³-hybridized carbons (Fsp3) is 0.938. The summed E-state index contributed by atoms with van der Waals surface area (Å²) in [6, 6.07) is 0. The van der Waals surface area contributed by atoms with Crippen LogP contribution in [-0.2, 0) is 4.79 Å². The van der Waals surface area contributed by atoms with E-state index in [0.29, 0.717) is 18.4 Å². The average molecular weight is 281 g/mol. The number of carbonyl (C=O) groups is 1. The van der Waals surface area contributed by atoms with Crippen molar-refractivity contribution in [3.63, 3.8) is 0 Å². The zero-order valence-corrected chi connectivity index (χ0v) is 13.4. The monoisotopic (exact) mass is 281 g/mol. The first-order valence-electron chi connectivity index (χ1n) is 8.17. The molecule has 0 aromatic rings. The second-order valence-electron chi connectivity index (χ2n) is 7.37. The van der Waals surface area contributed by atoms with Crippen molar-refractivity contribution >= 4 is 5.91 Å². The van der Waals surface area contributed by atoms with Crippen molar-refractivity contribution in [2.45, 2.75) is 52.0 Å². The van der Waals surface area contributed by atoms with Crippen molar-refractivity contribution < 1.29 is 4.79 Å². The van der Waals surface area contributed by atoms with Crippen LogP contribution in [0.4, 0.5) is 0 Å². The molecule has 4 heteroatoms. The Balaban J connectivity index is 1.91. The van der Waals surface area contributed by atoms with Gasteiger partial charge in [0, 0.05) is 37.6 Å². The third-order valence-electron chi connectivity index (χ3n) is 5.07. The van der Waals surface area contributed by atoms with E-state index in [0.717, 1.165) is 39.0 Å². The Morgan fingerprint density at radius 1 is 1.10 bits per heavy atom. The smallest absolute Gasteiger partial charge is 0.226 e. The highest BCUT2D eigenvalue weighted by Crippen LogP contribution is 2.31. The second-order valence-corrected chi connectivity index (χ2v) is 7.37. The Morgan fingerprint density at radius 2 is 1.70 bits per heavy atom. The normalized spacial score (nSPS) is 29.5. The molecule has 0 bridgehead atoms. The molecule has 2 aliphatic rings. The molecule has 2 N–H and O–H groups in total. The third-order valence-corrected chi connectivity index (χ3v) is 5.07. The Labute approximate surface area is 123 Å². The quantitative estimate of drug-likeness (QED) is 0.838. The van der Waals surface area contributed by atoms with Crippen LogP contribution in [0.15, 0.2) is 0 Å². The lowest BCUT2D eigenvalue weighted by atomic mass is 9.78. The maximum Gasteiger partial charge on any atom is 0.226 e. The van der Waals surface area contributed by atoms with Gasteiger partial charge in [-0.1, -0.05) is 12.8 Å². The van der Waals surface area contributed by atoms with Gasteiger partial charge >= 0.3 is 0 Å². The summed E-state index contributed by atoms with van der Waals surface area (Å²) < 4.78 is 0. The molecule has 1 heterocycles. The van der Waals surface area contributed by atoms with E-state index in [-0.39, 0.29) is 11.5 Å². The van der Waals surface area contributed by atoms with Gasteiger partial charge in [0.15, 0.2) is 0 Å². The first kappa shape index (κ1) is 15.8. The molecule has 2 fully saturated rings. The lowest BCUT2D eigenvalue weighted by Gasteiger charge is -2.44. The molecule has 1 aliphatic heterocycles. The van der Waals surface area contributed by atoms with Crippen LogP contribution >= 0.6 is 0 Å². The molecule has 0 aromatic heterocycles. The predicted octanol–water partition coefficient (Wildman–Crippen LogP) is 1.69. The van der Waals surface area contributed by atoms with Crippen molar-refractivity contribution in [1.82, 2.24) is 9.80 Å². The molecule has 0 radical (unpaired) electrons. The van der Waals surface area contributed by atoms with Crippen molar-refractivity contribution in [1.29, 1.82) is 0 Å². The molecular weight excluding hydrogens is 250 g/mol. The number of rotatable bonds is 2. The van der Waals surface area contributed by atoms with Gasteiger partial charge in [-0.25, -0.2) is 0 Å². The molecule has 1 saturated carbocycles. The standard InChI is InChI=1S/C16H31N3O/c1-16(2,3)19-10-8-18(9-11-19)15(20)14-7-5-4-6-13(14)12-17/h13-14H,4-12,17H2,1-3H3. The molecule has 0 aromatic carbocycles. The molecule has 0 spiro atoms. The Morgan fingerprint density at radius 3 is 2.25 bits per heavy atom. The number of carbonyl (C=O) groups excluding carboxylic acids is 1. The number of hydrogen-bond donors (Lipinski definition) is 1. The summed E-state index contributed by atoms with van der Waals surface area (Å²) in [7, 11) is 0. The van der Waals surface area contributed by atoms with Crippen molar-refractivity contribution in [2.24, 2.45) is 17.6 Å². The fourth-order valence-electron chi connectivity index (χ4n) is 3.65. The Hall–Kier alpha value is -0.610. The van der Waals surface area contributed by atoms with E-state index in [2.05, 4.69) is 30.6 Å². The minimum Gasteiger partial charge on any atom is -0.340 e. The van der Waals surface area contributed by atoms with Gasteiger partial charge in [0.25, 0.3) is 0 Å². The van der Waals surface area contributed by atoms with Gasteiger partial charge in [-0.15, -0.1) is 0 Å². The van der Waals surface area contributed by atoms with Gasteiger partial charge in [0.2, 0.25) is 5.91 Å². The predicted molar refractivity (Wildman–Crippen MR) is 82.4 cm³/mol. The van der Waals surface area contributed by atoms with Crippen LogP contribution < -0.4 is 5.73 Å². The summed E-state index contributed by atoms with van der Waals surface area (Å²) in [6.45, 7) is 11.2. The van der Waals surface area contributed by atoms with Gasteiger partial charge in [-0.3, -0.25) is 9.69 Å². The van der Waals surface area contributed by atoms with Crippen molar-refractivity contribution in [3.8, 4) is 0 Å². The molecule has 2 unspecified atom stereocenters. The number of nitrogens with zero attached hydrogens (tertiary/aromatic N) is 2. The Kier molecular flexibility index (Phi) is 5.08. The molecule has 1 aliphatic carbocycles. The van der Waals surface area contributed by atoms with Crippen molar-refractivity contribution in [2.75, 3.05) is 32.7 Å². The van der Waals surface area contributed by atoms with Crippen LogP contribution in [-0.4, -0.2) is 54.0 Å². The zero-order valence-electron chi connectivity index (χ0n) is 13.4. The van der Waals surface area contributed by atoms with E-state index in [9.17, 15) is 4.79 Å². The van der Waals surface area contributed by atoms with E-state index in [4.69, 9.17) is 5.73 Å². The van der Waals surface area contributed by atoms with E-state index < -0.39 is 0 Å². The minimum absolute atomic E-state index is 0.190. The summed E-state index contributed by atoms with van der Waals surface area (Å²) in [5.74, 6) is 0.973. The van der Waals surface area contributed by atoms with E-state index in [1.54, 1.807) is 0 Å². The number of piperazine rings is 1. The van der Waals surface area contributed by atoms with Gasteiger partial charge in [0.05, 0.1) is 0 Å². The lowest BCUT2D eigenvalue weighted by molar-refractivity contribution is -0.141. The van der Waals surface area contributed by atoms with Crippen LogP contribution in [0.2, 0.25) is 0 Å². The van der Waals surface area contributed by atoms with Crippen LogP contribution in [0, 0.1) is 11.8 Å². The molecule has 1 saturated heterocycles. The number of hydrogen-bond acceptors (Lipinski definition) is 3. The van der Waals surface area contributed by atoms with Gasteiger partial charge < -0.3 is 10.6 Å². The number of amides is 1. The SMILES string of the molecule is CC(C)(C)N1CCN(C(=O)C2CCCCC2CN)CC1. The molecule has 20 heavy (non-hydrogen) atoms. The lowest BCUT2D eigenvalue weighted by Crippen LogP contribution is -2.56. The fourth-order valence-corrected chi connectivity index (χ4v) is 3.65. The maximum atomic E-state index is 12.7. The molecule has 116 valence electrons. The second kappa shape index (κ2) is 6.44. The van der Waals surface area contributed by atoms with Crippen LogP contribution in [0.25, 0.3) is 0 Å². The molecule has 1 amide bonds. The summed E-state index contributed by atoms with van der Waals surface area (Å²) in [4.78, 5) is 17.3. The van der Waals surface area contributed by atoms with E-state index in [1.807, 2.05) is 0 Å². The van der Waals surface area contributed by atoms with Crippen molar-refractivity contribution in [3.05, 3.63) is 0 Å². The van der Waals surface area contributed by atoms with E-state index >= 15 is 0 Å². The topological polar surface area (TPSA) is 49.6 Å². The van der Waals surface area contributed by atoms with Gasteiger partial charge in [0.1, 0.15) is 0 Å². The molecule has 2 atom stereocenters. The zero-order chi connectivity index (χ0) is 14.8. The first-order valence-corrected chi connectivity index (χ1v) is 8.17. The van der Waals surface area contributed by atoms with E-state index in [1.165, 1.54) is 12.8 Å². The first-order chi connectivity index (χ1) is 9.43. The van der Waals surface area contributed by atoms with Crippen LogP contribution in [0.1, 0.15) is 46.5 Å². The summed E-state index contributed by atoms with van der Waals surface area (Å²) in [6.07, 6.45) is 4.60. The molecule has 4 nitrogen and oxygen atoms in total.